The molecule has 2 fully saturated rings. The standard InChI is InChI=1S/C12H21NO2/c14-12(15)8-9-13(11-6-7-11)10-4-2-1-3-5-10/h10-11H,1-9H2,(H,14,15). The van der Waals surface area contributed by atoms with Gasteiger partial charge >= 0.3 is 5.97 Å². The van der Waals surface area contributed by atoms with Crippen LogP contribution in [0.5, 0.6) is 0 Å². The van der Waals surface area contributed by atoms with E-state index >= 15 is 0 Å². The first kappa shape index (κ1) is 10.9. The van der Waals surface area contributed by atoms with E-state index in [1.54, 1.807) is 0 Å². The number of rotatable bonds is 5. The Kier molecular flexibility index (Phi) is 3.62. The van der Waals surface area contributed by atoms with Crippen molar-refractivity contribution in [3.63, 3.8) is 0 Å². The maximum absolute atomic E-state index is 10.6. The second kappa shape index (κ2) is 4.97. The number of carbonyl (C=O) groups is 1. The van der Waals surface area contributed by atoms with Crippen LogP contribution in [0.15, 0.2) is 0 Å². The van der Waals surface area contributed by atoms with Crippen LogP contribution in [0.25, 0.3) is 0 Å². The van der Waals surface area contributed by atoms with E-state index < -0.39 is 5.97 Å². The Morgan fingerprint density at radius 1 is 1.07 bits per heavy atom. The van der Waals surface area contributed by atoms with Crippen LogP contribution >= 0.6 is 0 Å². The second-order valence-electron chi connectivity index (χ2n) is 4.90. The Bertz CT molecular complexity index is 220. The van der Waals surface area contributed by atoms with Crippen molar-refractivity contribution >= 4 is 5.97 Å². The van der Waals surface area contributed by atoms with Gasteiger partial charge in [-0.05, 0) is 25.7 Å². The molecule has 0 atom stereocenters. The molecule has 0 spiro atoms. The predicted molar refractivity (Wildman–Crippen MR) is 58.9 cm³/mol. The van der Waals surface area contributed by atoms with Crippen molar-refractivity contribution in [3.8, 4) is 0 Å². The molecule has 3 nitrogen and oxygen atoms in total. The van der Waals surface area contributed by atoms with Crippen LogP contribution in [-0.4, -0.2) is 34.6 Å². The van der Waals surface area contributed by atoms with Gasteiger partial charge in [0.05, 0.1) is 6.42 Å². The minimum Gasteiger partial charge on any atom is -0.481 e. The number of nitrogens with zero attached hydrogens (tertiary/aromatic N) is 1. The molecule has 0 amide bonds. The molecule has 0 heterocycles. The van der Waals surface area contributed by atoms with Crippen molar-refractivity contribution in [2.45, 2.75) is 63.5 Å². The Balaban J connectivity index is 1.83. The number of hydrogen-bond donors (Lipinski definition) is 1. The van der Waals surface area contributed by atoms with Crippen LogP contribution < -0.4 is 0 Å². The van der Waals surface area contributed by atoms with Gasteiger partial charge in [0.1, 0.15) is 0 Å². The first-order valence-electron chi connectivity index (χ1n) is 6.25. The molecule has 0 unspecified atom stereocenters. The zero-order valence-electron chi connectivity index (χ0n) is 9.32. The van der Waals surface area contributed by atoms with Crippen molar-refractivity contribution in [1.29, 1.82) is 0 Å². The zero-order chi connectivity index (χ0) is 10.7. The Morgan fingerprint density at radius 3 is 2.20 bits per heavy atom. The van der Waals surface area contributed by atoms with Gasteiger partial charge in [-0.25, -0.2) is 0 Å². The monoisotopic (exact) mass is 211 g/mol. The van der Waals surface area contributed by atoms with E-state index in [2.05, 4.69) is 4.90 Å². The molecule has 2 rings (SSSR count). The van der Waals surface area contributed by atoms with Gasteiger partial charge in [0.15, 0.2) is 0 Å². The lowest BCUT2D eigenvalue weighted by molar-refractivity contribution is -0.137. The van der Waals surface area contributed by atoms with E-state index in [-0.39, 0.29) is 0 Å². The van der Waals surface area contributed by atoms with Gasteiger partial charge in [-0.1, -0.05) is 19.3 Å². The molecule has 15 heavy (non-hydrogen) atoms. The maximum Gasteiger partial charge on any atom is 0.304 e. The molecule has 0 aromatic rings. The summed E-state index contributed by atoms with van der Waals surface area (Å²) in [4.78, 5) is 13.1. The summed E-state index contributed by atoms with van der Waals surface area (Å²) < 4.78 is 0. The summed E-state index contributed by atoms with van der Waals surface area (Å²) in [6, 6.07) is 1.40. The number of carboxylic acids is 1. The lowest BCUT2D eigenvalue weighted by atomic mass is 9.94. The lowest BCUT2D eigenvalue weighted by Gasteiger charge is -2.34. The molecule has 0 radical (unpaired) electrons. The summed E-state index contributed by atoms with van der Waals surface area (Å²) in [7, 11) is 0. The van der Waals surface area contributed by atoms with Gasteiger partial charge in [-0.15, -0.1) is 0 Å². The molecule has 1 N–H and O–H groups in total. The summed E-state index contributed by atoms with van der Waals surface area (Å²) >= 11 is 0. The Labute approximate surface area is 91.5 Å². The van der Waals surface area contributed by atoms with Gasteiger partial charge in [-0.2, -0.15) is 0 Å². The third kappa shape index (κ3) is 3.20. The highest BCUT2D eigenvalue weighted by atomic mass is 16.4. The minimum atomic E-state index is -0.656. The highest BCUT2D eigenvalue weighted by Gasteiger charge is 2.34. The van der Waals surface area contributed by atoms with Gasteiger partial charge in [0.2, 0.25) is 0 Å². The van der Waals surface area contributed by atoms with Crippen molar-refractivity contribution in [3.05, 3.63) is 0 Å². The molecule has 3 heteroatoms. The number of hydrogen-bond acceptors (Lipinski definition) is 2. The van der Waals surface area contributed by atoms with Crippen molar-refractivity contribution in [1.82, 2.24) is 4.90 Å². The second-order valence-corrected chi connectivity index (χ2v) is 4.90. The average molecular weight is 211 g/mol. The largest absolute Gasteiger partial charge is 0.481 e. The van der Waals surface area contributed by atoms with Crippen LogP contribution in [-0.2, 0) is 4.79 Å². The molecule has 0 aliphatic heterocycles. The molecule has 0 aromatic carbocycles. The lowest BCUT2D eigenvalue weighted by Crippen LogP contribution is -2.39. The van der Waals surface area contributed by atoms with E-state index in [0.29, 0.717) is 18.5 Å². The van der Waals surface area contributed by atoms with Crippen molar-refractivity contribution in [2.24, 2.45) is 0 Å². The van der Waals surface area contributed by atoms with Crippen LogP contribution in [0.3, 0.4) is 0 Å². The van der Waals surface area contributed by atoms with Crippen molar-refractivity contribution in [2.75, 3.05) is 6.54 Å². The molecule has 0 aromatic heterocycles. The van der Waals surface area contributed by atoms with E-state index in [4.69, 9.17) is 5.11 Å². The van der Waals surface area contributed by atoms with Gasteiger partial charge in [0, 0.05) is 18.6 Å². The SMILES string of the molecule is O=C(O)CCN(C1CCCCC1)C1CC1. The van der Waals surface area contributed by atoms with E-state index in [0.717, 1.165) is 6.54 Å². The fourth-order valence-electron chi connectivity index (χ4n) is 2.71. The molecular weight excluding hydrogens is 190 g/mol. The highest BCUT2D eigenvalue weighted by molar-refractivity contribution is 5.66. The quantitative estimate of drug-likeness (QED) is 0.758. The normalized spacial score (nSPS) is 23.3. The maximum atomic E-state index is 10.6. The summed E-state index contributed by atoms with van der Waals surface area (Å²) in [5, 5.41) is 8.74. The van der Waals surface area contributed by atoms with Gasteiger partial charge < -0.3 is 5.11 Å². The average Bonchev–Trinajstić information content (AvgIpc) is 3.03. The van der Waals surface area contributed by atoms with Crippen LogP contribution in [0.2, 0.25) is 0 Å². The summed E-state index contributed by atoms with van der Waals surface area (Å²) in [6.07, 6.45) is 9.50. The fraction of sp³-hybridized carbons (Fsp3) is 0.917. The molecule has 2 aliphatic carbocycles. The van der Waals surface area contributed by atoms with Crippen LogP contribution in [0.4, 0.5) is 0 Å². The Hall–Kier alpha value is -0.570. The molecule has 86 valence electrons. The predicted octanol–water partition coefficient (Wildman–Crippen LogP) is 2.26. The van der Waals surface area contributed by atoms with E-state index in [1.165, 1.54) is 44.9 Å². The first-order chi connectivity index (χ1) is 7.27. The third-order valence-electron chi connectivity index (χ3n) is 3.64. The van der Waals surface area contributed by atoms with Crippen LogP contribution in [0.1, 0.15) is 51.4 Å². The number of carboxylic acid groups (broad SMARTS) is 1. The van der Waals surface area contributed by atoms with Gasteiger partial charge in [-0.3, -0.25) is 9.69 Å². The zero-order valence-corrected chi connectivity index (χ0v) is 9.32. The summed E-state index contributed by atoms with van der Waals surface area (Å²) in [5.74, 6) is -0.656. The molecular formula is C12H21NO2. The first-order valence-corrected chi connectivity index (χ1v) is 6.25. The topological polar surface area (TPSA) is 40.5 Å². The van der Waals surface area contributed by atoms with E-state index in [9.17, 15) is 4.79 Å². The van der Waals surface area contributed by atoms with Crippen molar-refractivity contribution < 1.29 is 9.90 Å². The highest BCUT2D eigenvalue weighted by Crippen LogP contribution is 2.33. The Morgan fingerprint density at radius 2 is 1.67 bits per heavy atom. The minimum absolute atomic E-state index is 0.312. The third-order valence-corrected chi connectivity index (χ3v) is 3.64. The number of aliphatic carboxylic acids is 1. The summed E-state index contributed by atoms with van der Waals surface area (Å²) in [6.45, 7) is 0.769. The van der Waals surface area contributed by atoms with E-state index in [1.807, 2.05) is 0 Å². The smallest absolute Gasteiger partial charge is 0.304 e. The molecule has 0 saturated heterocycles. The summed E-state index contributed by atoms with van der Waals surface area (Å²) in [5.41, 5.74) is 0. The molecule has 2 aliphatic rings. The molecule has 0 bridgehead atoms. The molecule has 2 saturated carbocycles. The van der Waals surface area contributed by atoms with Crippen LogP contribution in [0, 0.1) is 0 Å². The van der Waals surface area contributed by atoms with Gasteiger partial charge in [0.25, 0.3) is 0 Å². The fourth-order valence-corrected chi connectivity index (χ4v) is 2.71.